The van der Waals surface area contributed by atoms with Crippen molar-refractivity contribution in [2.75, 3.05) is 12.4 Å². The number of para-hydroxylation sites is 1. The number of non-ortho nitro benzene ring substituents is 1. The Hall–Kier alpha value is -3.40. The molecule has 1 heterocycles. The number of carbonyl (C=O) groups is 1. The summed E-state index contributed by atoms with van der Waals surface area (Å²) in [6.07, 6.45) is 0. The maximum Gasteiger partial charge on any atom is 0.271 e. The zero-order valence-electron chi connectivity index (χ0n) is 16.9. The van der Waals surface area contributed by atoms with Crippen molar-refractivity contribution >= 4 is 29.0 Å². The number of nitro benzene ring substituents is 1. The molecule has 0 aliphatic heterocycles. The van der Waals surface area contributed by atoms with Crippen LogP contribution >= 0.6 is 11.8 Å². The van der Waals surface area contributed by atoms with E-state index >= 15 is 0 Å². The van der Waals surface area contributed by atoms with Crippen LogP contribution in [0.3, 0.4) is 0 Å². The van der Waals surface area contributed by atoms with E-state index in [1.165, 1.54) is 37.1 Å². The molecule has 0 saturated carbocycles. The van der Waals surface area contributed by atoms with Crippen molar-refractivity contribution < 1.29 is 14.5 Å². The van der Waals surface area contributed by atoms with E-state index < -0.39 is 10.2 Å². The van der Waals surface area contributed by atoms with Gasteiger partial charge in [-0.25, -0.2) is 0 Å². The minimum absolute atomic E-state index is 0.138. The average Bonchev–Trinajstić information content (AvgIpc) is 3.08. The first kappa shape index (κ1) is 21.3. The van der Waals surface area contributed by atoms with Crippen LogP contribution in [0, 0.1) is 24.0 Å². The zero-order chi connectivity index (χ0) is 21.8. The third kappa shape index (κ3) is 4.43. The van der Waals surface area contributed by atoms with Gasteiger partial charge < -0.3 is 10.1 Å². The van der Waals surface area contributed by atoms with E-state index in [0.29, 0.717) is 16.7 Å². The number of nitrogens with one attached hydrogen (secondary N) is 1. The molecule has 0 radical (unpaired) electrons. The summed E-state index contributed by atoms with van der Waals surface area (Å²) < 4.78 is 7.10. The van der Waals surface area contributed by atoms with E-state index in [1.807, 2.05) is 42.7 Å². The number of thioether (sulfide) groups is 1. The van der Waals surface area contributed by atoms with Gasteiger partial charge in [0.15, 0.2) is 5.16 Å². The van der Waals surface area contributed by atoms with Crippen LogP contribution in [-0.4, -0.2) is 38.0 Å². The Morgan fingerprint density at radius 3 is 2.63 bits per heavy atom. The van der Waals surface area contributed by atoms with Gasteiger partial charge in [0, 0.05) is 12.1 Å². The van der Waals surface area contributed by atoms with Crippen LogP contribution < -0.4 is 10.1 Å². The standard InChI is InChI=1S/C20H21N5O4S/c1-12-7-5-6-8-17(12)24-14(3)22-23-20(24)30-13(2)19(26)21-16-11-15(25(27)28)9-10-18(16)29-4/h5-11,13H,1-4H3,(H,21,26). The molecule has 0 aliphatic carbocycles. The molecule has 0 fully saturated rings. The van der Waals surface area contributed by atoms with Crippen molar-refractivity contribution in [1.82, 2.24) is 14.8 Å². The van der Waals surface area contributed by atoms with Crippen LogP contribution in [0.25, 0.3) is 5.69 Å². The molecule has 1 atom stereocenters. The molecular formula is C20H21N5O4S. The number of anilines is 1. The third-order valence-electron chi connectivity index (χ3n) is 4.45. The number of rotatable bonds is 7. The number of nitrogens with zero attached hydrogens (tertiary/aromatic N) is 4. The van der Waals surface area contributed by atoms with Crippen LogP contribution in [0.5, 0.6) is 5.75 Å². The first-order valence-electron chi connectivity index (χ1n) is 9.09. The summed E-state index contributed by atoms with van der Waals surface area (Å²) in [6.45, 7) is 5.58. The Kier molecular flexibility index (Phi) is 6.36. The van der Waals surface area contributed by atoms with E-state index in [2.05, 4.69) is 15.5 Å². The van der Waals surface area contributed by atoms with Gasteiger partial charge in [0.05, 0.1) is 28.7 Å². The van der Waals surface area contributed by atoms with E-state index in [1.54, 1.807) is 6.92 Å². The number of ether oxygens (including phenoxy) is 1. The quantitative estimate of drug-likeness (QED) is 0.345. The molecule has 1 amide bonds. The SMILES string of the molecule is COc1ccc([N+](=O)[O-])cc1NC(=O)C(C)Sc1nnc(C)n1-c1ccccc1C. The molecule has 9 nitrogen and oxygen atoms in total. The largest absolute Gasteiger partial charge is 0.495 e. The molecule has 156 valence electrons. The highest BCUT2D eigenvalue weighted by molar-refractivity contribution is 8.00. The van der Waals surface area contributed by atoms with Crippen molar-refractivity contribution in [1.29, 1.82) is 0 Å². The summed E-state index contributed by atoms with van der Waals surface area (Å²) in [6, 6.07) is 11.9. The van der Waals surface area contributed by atoms with Crippen molar-refractivity contribution in [3.63, 3.8) is 0 Å². The highest BCUT2D eigenvalue weighted by Crippen LogP contribution is 2.31. The Morgan fingerprint density at radius 1 is 1.23 bits per heavy atom. The van der Waals surface area contributed by atoms with Crippen molar-refractivity contribution in [3.05, 3.63) is 64.0 Å². The van der Waals surface area contributed by atoms with Crippen LogP contribution in [0.15, 0.2) is 47.6 Å². The Labute approximate surface area is 177 Å². The van der Waals surface area contributed by atoms with Gasteiger partial charge in [-0.2, -0.15) is 0 Å². The molecule has 0 aliphatic rings. The molecule has 0 saturated heterocycles. The second-order valence-electron chi connectivity index (χ2n) is 6.54. The molecule has 0 bridgehead atoms. The summed E-state index contributed by atoms with van der Waals surface area (Å²) >= 11 is 1.25. The molecule has 1 unspecified atom stereocenters. The van der Waals surface area contributed by atoms with Crippen molar-refractivity contribution in [3.8, 4) is 11.4 Å². The molecule has 3 aromatic rings. The number of amides is 1. The summed E-state index contributed by atoms with van der Waals surface area (Å²) in [4.78, 5) is 23.3. The van der Waals surface area contributed by atoms with E-state index in [-0.39, 0.29) is 17.3 Å². The molecule has 2 aromatic carbocycles. The van der Waals surface area contributed by atoms with Crippen LogP contribution in [-0.2, 0) is 4.79 Å². The summed E-state index contributed by atoms with van der Waals surface area (Å²) in [5, 5.41) is 22.2. The zero-order valence-corrected chi connectivity index (χ0v) is 17.8. The third-order valence-corrected chi connectivity index (χ3v) is 5.50. The van der Waals surface area contributed by atoms with Gasteiger partial charge in [0.1, 0.15) is 11.6 Å². The smallest absolute Gasteiger partial charge is 0.271 e. The number of benzene rings is 2. The molecule has 10 heteroatoms. The van der Waals surface area contributed by atoms with Gasteiger partial charge in [-0.3, -0.25) is 19.5 Å². The van der Waals surface area contributed by atoms with E-state index in [0.717, 1.165) is 11.3 Å². The second kappa shape index (κ2) is 8.95. The lowest BCUT2D eigenvalue weighted by atomic mass is 10.2. The molecule has 1 N–H and O–H groups in total. The second-order valence-corrected chi connectivity index (χ2v) is 7.85. The fraction of sp³-hybridized carbons (Fsp3) is 0.250. The predicted molar refractivity (Wildman–Crippen MR) is 114 cm³/mol. The molecule has 30 heavy (non-hydrogen) atoms. The maximum absolute atomic E-state index is 12.8. The molecule has 1 aromatic heterocycles. The fourth-order valence-corrected chi connectivity index (χ4v) is 3.77. The molecule has 0 spiro atoms. The highest BCUT2D eigenvalue weighted by Gasteiger charge is 2.22. The van der Waals surface area contributed by atoms with Crippen LogP contribution in [0.4, 0.5) is 11.4 Å². The van der Waals surface area contributed by atoms with Gasteiger partial charge in [-0.15, -0.1) is 10.2 Å². The first-order chi connectivity index (χ1) is 14.3. The number of aryl methyl sites for hydroxylation is 2. The summed E-state index contributed by atoms with van der Waals surface area (Å²) in [5.41, 5.74) is 2.10. The average molecular weight is 427 g/mol. The number of carbonyl (C=O) groups excluding carboxylic acids is 1. The number of methoxy groups -OCH3 is 1. The number of nitro groups is 1. The normalized spacial score (nSPS) is 11.7. The van der Waals surface area contributed by atoms with E-state index in [9.17, 15) is 14.9 Å². The van der Waals surface area contributed by atoms with Gasteiger partial charge in [0.25, 0.3) is 5.69 Å². The van der Waals surface area contributed by atoms with Crippen LogP contribution in [0.2, 0.25) is 0 Å². The molecule has 3 rings (SSSR count). The topological polar surface area (TPSA) is 112 Å². The summed E-state index contributed by atoms with van der Waals surface area (Å²) in [7, 11) is 1.43. The first-order valence-corrected chi connectivity index (χ1v) is 9.97. The van der Waals surface area contributed by atoms with Gasteiger partial charge in [-0.05, 0) is 38.5 Å². The minimum Gasteiger partial charge on any atom is -0.495 e. The van der Waals surface area contributed by atoms with E-state index in [4.69, 9.17) is 4.74 Å². The van der Waals surface area contributed by atoms with Crippen LogP contribution in [0.1, 0.15) is 18.3 Å². The molecular weight excluding hydrogens is 406 g/mol. The Morgan fingerprint density at radius 2 is 1.97 bits per heavy atom. The number of aromatic nitrogens is 3. The Bertz CT molecular complexity index is 1100. The van der Waals surface area contributed by atoms with Gasteiger partial charge in [-0.1, -0.05) is 30.0 Å². The van der Waals surface area contributed by atoms with Crippen molar-refractivity contribution in [2.24, 2.45) is 0 Å². The minimum atomic E-state index is -0.541. The Balaban J connectivity index is 1.82. The van der Waals surface area contributed by atoms with Gasteiger partial charge >= 0.3 is 0 Å². The van der Waals surface area contributed by atoms with Crippen molar-refractivity contribution in [2.45, 2.75) is 31.2 Å². The number of hydrogen-bond acceptors (Lipinski definition) is 7. The summed E-state index contributed by atoms with van der Waals surface area (Å²) in [5.74, 6) is 0.709. The lowest BCUT2D eigenvalue weighted by molar-refractivity contribution is -0.384. The van der Waals surface area contributed by atoms with Gasteiger partial charge in [0.2, 0.25) is 5.91 Å². The maximum atomic E-state index is 12.8. The monoisotopic (exact) mass is 427 g/mol. The fourth-order valence-electron chi connectivity index (χ4n) is 2.86. The number of hydrogen-bond donors (Lipinski definition) is 1. The lowest BCUT2D eigenvalue weighted by Crippen LogP contribution is -2.23. The predicted octanol–water partition coefficient (Wildman–Crippen LogP) is 3.92. The highest BCUT2D eigenvalue weighted by atomic mass is 32.2. The lowest BCUT2D eigenvalue weighted by Gasteiger charge is -2.15.